The van der Waals surface area contributed by atoms with E-state index in [1.165, 1.54) is 13.0 Å². The standard InChI is InChI=1S/C18H18F2N2O2/c1-13(23)22(15-7-8-16(19)17(20)11-15)12-18(24)21-10-9-14-5-3-2-4-6-14/h2-8,11H,9-10,12H2,1H3,(H,21,24). The second-order valence-corrected chi connectivity index (χ2v) is 5.29. The van der Waals surface area contributed by atoms with Gasteiger partial charge in [-0.15, -0.1) is 0 Å². The molecule has 4 nitrogen and oxygen atoms in total. The number of rotatable bonds is 6. The molecule has 0 bridgehead atoms. The summed E-state index contributed by atoms with van der Waals surface area (Å²) in [5, 5.41) is 2.71. The van der Waals surface area contributed by atoms with E-state index in [2.05, 4.69) is 5.32 Å². The Morgan fingerprint density at radius 1 is 1.04 bits per heavy atom. The van der Waals surface area contributed by atoms with Gasteiger partial charge in [-0.05, 0) is 24.1 Å². The molecule has 24 heavy (non-hydrogen) atoms. The van der Waals surface area contributed by atoms with Crippen molar-refractivity contribution in [3.63, 3.8) is 0 Å². The first kappa shape index (κ1) is 17.6. The van der Waals surface area contributed by atoms with Gasteiger partial charge in [0, 0.05) is 25.2 Å². The molecule has 0 atom stereocenters. The average Bonchev–Trinajstić information content (AvgIpc) is 2.56. The third-order valence-electron chi connectivity index (χ3n) is 3.48. The molecule has 0 unspecified atom stereocenters. The molecule has 6 heteroatoms. The smallest absolute Gasteiger partial charge is 0.240 e. The molecule has 1 N–H and O–H groups in total. The summed E-state index contributed by atoms with van der Waals surface area (Å²) in [5.41, 5.74) is 1.22. The van der Waals surface area contributed by atoms with Gasteiger partial charge in [0.15, 0.2) is 11.6 Å². The highest BCUT2D eigenvalue weighted by molar-refractivity contribution is 5.97. The first-order valence-corrected chi connectivity index (χ1v) is 7.51. The highest BCUT2D eigenvalue weighted by Crippen LogP contribution is 2.18. The zero-order valence-electron chi connectivity index (χ0n) is 13.3. The van der Waals surface area contributed by atoms with Crippen LogP contribution in [0.3, 0.4) is 0 Å². The molecular formula is C18H18F2N2O2. The molecule has 0 spiro atoms. The SMILES string of the molecule is CC(=O)N(CC(=O)NCCc1ccccc1)c1ccc(F)c(F)c1. The van der Waals surface area contributed by atoms with Gasteiger partial charge in [-0.1, -0.05) is 30.3 Å². The number of nitrogens with one attached hydrogen (secondary N) is 1. The number of nitrogens with zero attached hydrogens (tertiary/aromatic N) is 1. The van der Waals surface area contributed by atoms with Crippen LogP contribution in [0.4, 0.5) is 14.5 Å². The van der Waals surface area contributed by atoms with Crippen LogP contribution in [-0.4, -0.2) is 24.9 Å². The molecule has 2 rings (SSSR count). The minimum atomic E-state index is -1.07. The number of hydrogen-bond acceptors (Lipinski definition) is 2. The molecule has 0 radical (unpaired) electrons. The molecule has 2 aromatic rings. The fourth-order valence-electron chi connectivity index (χ4n) is 2.23. The van der Waals surface area contributed by atoms with Crippen molar-refractivity contribution >= 4 is 17.5 Å². The minimum Gasteiger partial charge on any atom is -0.354 e. The van der Waals surface area contributed by atoms with E-state index < -0.39 is 17.5 Å². The predicted molar refractivity (Wildman–Crippen MR) is 87.5 cm³/mol. The van der Waals surface area contributed by atoms with Crippen molar-refractivity contribution in [2.45, 2.75) is 13.3 Å². The van der Waals surface area contributed by atoms with E-state index in [-0.39, 0.29) is 18.1 Å². The lowest BCUT2D eigenvalue weighted by molar-refractivity contribution is -0.123. The van der Waals surface area contributed by atoms with E-state index in [4.69, 9.17) is 0 Å². The molecule has 0 fully saturated rings. The Hall–Kier alpha value is -2.76. The Labute approximate surface area is 139 Å². The topological polar surface area (TPSA) is 49.4 Å². The van der Waals surface area contributed by atoms with Crippen LogP contribution in [0.15, 0.2) is 48.5 Å². The number of anilines is 1. The second-order valence-electron chi connectivity index (χ2n) is 5.29. The van der Waals surface area contributed by atoms with Crippen LogP contribution in [0.2, 0.25) is 0 Å². The fraction of sp³-hybridized carbons (Fsp3) is 0.222. The van der Waals surface area contributed by atoms with E-state index in [1.54, 1.807) is 0 Å². The van der Waals surface area contributed by atoms with E-state index >= 15 is 0 Å². The quantitative estimate of drug-likeness (QED) is 0.884. The van der Waals surface area contributed by atoms with Gasteiger partial charge in [0.25, 0.3) is 0 Å². The van der Waals surface area contributed by atoms with Crippen LogP contribution in [0.1, 0.15) is 12.5 Å². The van der Waals surface area contributed by atoms with E-state index in [0.717, 1.165) is 22.6 Å². The lowest BCUT2D eigenvalue weighted by Gasteiger charge is -2.20. The van der Waals surface area contributed by atoms with Crippen molar-refractivity contribution in [3.8, 4) is 0 Å². The van der Waals surface area contributed by atoms with Crippen molar-refractivity contribution in [2.75, 3.05) is 18.0 Å². The summed E-state index contributed by atoms with van der Waals surface area (Å²) in [4.78, 5) is 24.8. The van der Waals surface area contributed by atoms with Crippen LogP contribution in [0.5, 0.6) is 0 Å². The molecule has 0 aliphatic rings. The summed E-state index contributed by atoms with van der Waals surface area (Å²) in [6.45, 7) is 1.43. The van der Waals surface area contributed by atoms with Crippen LogP contribution >= 0.6 is 0 Å². The summed E-state index contributed by atoms with van der Waals surface area (Å²) < 4.78 is 26.3. The fourth-order valence-corrected chi connectivity index (χ4v) is 2.23. The Morgan fingerprint density at radius 3 is 2.38 bits per heavy atom. The zero-order valence-corrected chi connectivity index (χ0v) is 13.3. The van der Waals surface area contributed by atoms with E-state index in [1.807, 2.05) is 30.3 Å². The maximum Gasteiger partial charge on any atom is 0.240 e. The summed E-state index contributed by atoms with van der Waals surface area (Å²) in [7, 11) is 0. The van der Waals surface area contributed by atoms with Gasteiger partial charge in [0.2, 0.25) is 11.8 Å². The second kappa shape index (κ2) is 8.19. The Morgan fingerprint density at radius 2 is 1.75 bits per heavy atom. The third-order valence-corrected chi connectivity index (χ3v) is 3.48. The number of amides is 2. The molecule has 126 valence electrons. The number of carbonyl (C=O) groups excluding carboxylic acids is 2. The molecule has 2 aromatic carbocycles. The van der Waals surface area contributed by atoms with Crippen LogP contribution < -0.4 is 10.2 Å². The monoisotopic (exact) mass is 332 g/mol. The average molecular weight is 332 g/mol. The summed E-state index contributed by atoms with van der Waals surface area (Å²) >= 11 is 0. The molecule has 0 heterocycles. The summed E-state index contributed by atoms with van der Waals surface area (Å²) in [6, 6.07) is 12.7. The highest BCUT2D eigenvalue weighted by Gasteiger charge is 2.17. The Bertz CT molecular complexity index is 720. The van der Waals surface area contributed by atoms with Gasteiger partial charge >= 0.3 is 0 Å². The van der Waals surface area contributed by atoms with Gasteiger partial charge in [-0.2, -0.15) is 0 Å². The van der Waals surface area contributed by atoms with Crippen molar-refractivity contribution in [1.82, 2.24) is 5.32 Å². The maximum atomic E-state index is 13.3. The number of halogens is 2. The molecule has 2 amide bonds. The maximum absolute atomic E-state index is 13.3. The third kappa shape index (κ3) is 4.87. The number of hydrogen-bond donors (Lipinski definition) is 1. The van der Waals surface area contributed by atoms with Crippen LogP contribution in [0.25, 0.3) is 0 Å². The Kier molecular flexibility index (Phi) is 6.01. The van der Waals surface area contributed by atoms with E-state index in [0.29, 0.717) is 13.0 Å². The first-order chi connectivity index (χ1) is 11.5. The summed E-state index contributed by atoms with van der Waals surface area (Å²) in [5.74, 6) is -2.87. The largest absolute Gasteiger partial charge is 0.354 e. The summed E-state index contributed by atoms with van der Waals surface area (Å²) in [6.07, 6.45) is 0.665. The van der Waals surface area contributed by atoms with Gasteiger partial charge in [0.1, 0.15) is 6.54 Å². The zero-order chi connectivity index (χ0) is 17.5. The first-order valence-electron chi connectivity index (χ1n) is 7.51. The van der Waals surface area contributed by atoms with Crippen LogP contribution in [-0.2, 0) is 16.0 Å². The van der Waals surface area contributed by atoms with Crippen molar-refractivity contribution < 1.29 is 18.4 Å². The van der Waals surface area contributed by atoms with E-state index in [9.17, 15) is 18.4 Å². The highest BCUT2D eigenvalue weighted by atomic mass is 19.2. The lowest BCUT2D eigenvalue weighted by atomic mass is 10.1. The van der Waals surface area contributed by atoms with Crippen molar-refractivity contribution in [1.29, 1.82) is 0 Å². The molecule has 0 saturated carbocycles. The van der Waals surface area contributed by atoms with Gasteiger partial charge in [0.05, 0.1) is 0 Å². The van der Waals surface area contributed by atoms with Gasteiger partial charge in [-0.3, -0.25) is 9.59 Å². The molecule has 0 aliphatic carbocycles. The lowest BCUT2D eigenvalue weighted by Crippen LogP contribution is -2.40. The molecule has 0 aliphatic heterocycles. The number of benzene rings is 2. The molecule has 0 saturated heterocycles. The minimum absolute atomic E-state index is 0.139. The molecular weight excluding hydrogens is 314 g/mol. The molecule has 0 aromatic heterocycles. The normalized spacial score (nSPS) is 10.3. The Balaban J connectivity index is 1.93. The number of carbonyl (C=O) groups is 2. The van der Waals surface area contributed by atoms with Crippen molar-refractivity contribution in [3.05, 3.63) is 65.7 Å². The van der Waals surface area contributed by atoms with Crippen LogP contribution in [0, 0.1) is 11.6 Å². The van der Waals surface area contributed by atoms with Crippen molar-refractivity contribution in [2.24, 2.45) is 0 Å². The van der Waals surface area contributed by atoms with Gasteiger partial charge in [-0.25, -0.2) is 8.78 Å². The predicted octanol–water partition coefficient (Wildman–Crippen LogP) is 2.68. The van der Waals surface area contributed by atoms with Gasteiger partial charge < -0.3 is 10.2 Å².